The number of hydrogen-bond donors (Lipinski definition) is 1. The SMILES string of the molecule is CC1=C(\C=C/C(C)=C/C=C/C(C)=C/CO)C(C)(C)CCC1=O. The molecule has 0 bridgehead atoms. The van der Waals surface area contributed by atoms with Crippen LogP contribution in [0, 0.1) is 5.41 Å². The lowest BCUT2D eigenvalue weighted by molar-refractivity contribution is -0.116. The van der Waals surface area contributed by atoms with E-state index in [2.05, 4.69) is 26.0 Å². The fourth-order valence-corrected chi connectivity index (χ4v) is 2.59. The second-order valence-electron chi connectivity index (χ2n) is 6.58. The molecule has 0 aromatic rings. The van der Waals surface area contributed by atoms with E-state index in [0.717, 1.165) is 28.7 Å². The molecule has 2 nitrogen and oxygen atoms in total. The maximum Gasteiger partial charge on any atom is 0.158 e. The summed E-state index contributed by atoms with van der Waals surface area (Å²) in [5.41, 5.74) is 4.27. The number of aliphatic hydroxyl groups is 1. The molecule has 1 rings (SSSR count). The molecule has 1 aliphatic rings. The summed E-state index contributed by atoms with van der Waals surface area (Å²) in [6.45, 7) is 10.4. The number of hydrogen-bond acceptors (Lipinski definition) is 2. The number of ketones is 1. The van der Waals surface area contributed by atoms with Crippen LogP contribution < -0.4 is 0 Å². The lowest BCUT2D eigenvalue weighted by Gasteiger charge is -2.32. The lowest BCUT2D eigenvalue weighted by atomic mass is 9.72. The van der Waals surface area contributed by atoms with Gasteiger partial charge in [-0.1, -0.05) is 61.4 Å². The van der Waals surface area contributed by atoms with Crippen molar-refractivity contribution >= 4 is 5.78 Å². The van der Waals surface area contributed by atoms with Crippen LogP contribution in [0.2, 0.25) is 0 Å². The van der Waals surface area contributed by atoms with Crippen LogP contribution in [-0.2, 0) is 4.79 Å². The van der Waals surface area contributed by atoms with E-state index in [0.29, 0.717) is 6.42 Å². The van der Waals surface area contributed by atoms with E-state index in [1.54, 1.807) is 6.08 Å². The Kier molecular flexibility index (Phi) is 6.76. The number of carbonyl (C=O) groups is 1. The molecule has 0 spiro atoms. The second kappa shape index (κ2) is 8.09. The lowest BCUT2D eigenvalue weighted by Crippen LogP contribution is -2.24. The van der Waals surface area contributed by atoms with Gasteiger partial charge in [-0.15, -0.1) is 0 Å². The molecule has 0 heterocycles. The zero-order valence-corrected chi connectivity index (χ0v) is 14.4. The Balaban J connectivity index is 2.88. The Hall–Kier alpha value is -1.67. The Morgan fingerprint density at radius 1 is 1.23 bits per heavy atom. The summed E-state index contributed by atoms with van der Waals surface area (Å²) >= 11 is 0. The van der Waals surface area contributed by atoms with Crippen LogP contribution in [-0.4, -0.2) is 17.5 Å². The average molecular weight is 300 g/mol. The van der Waals surface area contributed by atoms with Crippen LogP contribution in [0.15, 0.2) is 58.7 Å². The Morgan fingerprint density at radius 3 is 2.55 bits per heavy atom. The van der Waals surface area contributed by atoms with Crippen molar-refractivity contribution in [3.05, 3.63) is 58.7 Å². The summed E-state index contributed by atoms with van der Waals surface area (Å²) in [4.78, 5) is 11.9. The topological polar surface area (TPSA) is 37.3 Å². The largest absolute Gasteiger partial charge is 0.392 e. The predicted octanol–water partition coefficient (Wildman–Crippen LogP) is 4.69. The number of carbonyl (C=O) groups excluding carboxylic acids is 1. The minimum Gasteiger partial charge on any atom is -0.392 e. The van der Waals surface area contributed by atoms with Crippen molar-refractivity contribution in [3.63, 3.8) is 0 Å². The van der Waals surface area contributed by atoms with Gasteiger partial charge in [0.25, 0.3) is 0 Å². The fourth-order valence-electron chi connectivity index (χ4n) is 2.59. The van der Waals surface area contributed by atoms with E-state index in [4.69, 9.17) is 5.11 Å². The van der Waals surface area contributed by atoms with Gasteiger partial charge in [0.1, 0.15) is 0 Å². The number of rotatable bonds is 5. The van der Waals surface area contributed by atoms with Crippen LogP contribution in [0.4, 0.5) is 0 Å². The summed E-state index contributed by atoms with van der Waals surface area (Å²) in [6, 6.07) is 0. The fraction of sp³-hybridized carbons (Fsp3) is 0.450. The summed E-state index contributed by atoms with van der Waals surface area (Å²) in [5.74, 6) is 0.269. The smallest absolute Gasteiger partial charge is 0.158 e. The third kappa shape index (κ3) is 5.27. The first-order chi connectivity index (χ1) is 10.3. The van der Waals surface area contributed by atoms with E-state index in [-0.39, 0.29) is 17.8 Å². The number of allylic oxidation sites excluding steroid dienone is 9. The number of aliphatic hydroxyl groups excluding tert-OH is 1. The Labute approximate surface area is 134 Å². The van der Waals surface area contributed by atoms with E-state index in [1.807, 2.05) is 39.0 Å². The van der Waals surface area contributed by atoms with Gasteiger partial charge in [-0.2, -0.15) is 0 Å². The van der Waals surface area contributed by atoms with Gasteiger partial charge in [-0.25, -0.2) is 0 Å². The Morgan fingerprint density at radius 2 is 1.91 bits per heavy atom. The Bertz CT molecular complexity index is 567. The van der Waals surface area contributed by atoms with E-state index in [9.17, 15) is 4.79 Å². The van der Waals surface area contributed by atoms with Gasteiger partial charge in [0.05, 0.1) is 6.61 Å². The molecule has 0 saturated heterocycles. The van der Waals surface area contributed by atoms with E-state index in [1.165, 1.54) is 0 Å². The minimum atomic E-state index is 0.0606. The molecule has 0 aromatic heterocycles. The standard InChI is InChI=1S/C20H28O2/c1-15(7-6-8-16(2)12-14-21)9-10-18-17(3)19(22)11-13-20(18,4)5/h6-10,12,21H,11,13-14H2,1-5H3/b8-6+,10-9-,15-7+,16-12+. The molecule has 0 aliphatic heterocycles. The highest BCUT2D eigenvalue weighted by molar-refractivity contribution is 5.97. The summed E-state index contributed by atoms with van der Waals surface area (Å²) in [7, 11) is 0. The zero-order valence-electron chi connectivity index (χ0n) is 14.4. The average Bonchev–Trinajstić information content (AvgIpc) is 2.43. The first-order valence-corrected chi connectivity index (χ1v) is 7.83. The molecule has 1 N–H and O–H groups in total. The molecule has 120 valence electrons. The molecule has 0 unspecified atom stereocenters. The first kappa shape index (κ1) is 18.4. The summed E-state index contributed by atoms with van der Waals surface area (Å²) in [5, 5.41) is 8.80. The highest BCUT2D eigenvalue weighted by atomic mass is 16.2. The van der Waals surface area contributed by atoms with Crippen molar-refractivity contribution in [2.24, 2.45) is 5.41 Å². The molecule has 0 radical (unpaired) electrons. The molecule has 0 atom stereocenters. The van der Waals surface area contributed by atoms with Gasteiger partial charge in [0.2, 0.25) is 0 Å². The third-order valence-electron chi connectivity index (χ3n) is 4.17. The molecule has 0 amide bonds. The summed E-state index contributed by atoms with van der Waals surface area (Å²) in [6.07, 6.45) is 13.4. The van der Waals surface area contributed by atoms with Crippen LogP contribution in [0.3, 0.4) is 0 Å². The predicted molar refractivity (Wildman–Crippen MR) is 93.6 cm³/mol. The normalized spacial score (nSPS) is 20.5. The molecule has 22 heavy (non-hydrogen) atoms. The summed E-state index contributed by atoms with van der Waals surface area (Å²) < 4.78 is 0. The van der Waals surface area contributed by atoms with Gasteiger partial charge in [-0.3, -0.25) is 4.79 Å². The molecule has 0 aromatic carbocycles. The van der Waals surface area contributed by atoms with Crippen molar-refractivity contribution in [2.45, 2.75) is 47.5 Å². The molecular weight excluding hydrogens is 272 g/mol. The van der Waals surface area contributed by atoms with Crippen molar-refractivity contribution in [3.8, 4) is 0 Å². The van der Waals surface area contributed by atoms with Gasteiger partial charge < -0.3 is 5.11 Å². The van der Waals surface area contributed by atoms with E-state index < -0.39 is 0 Å². The third-order valence-corrected chi connectivity index (χ3v) is 4.17. The van der Waals surface area contributed by atoms with Crippen molar-refractivity contribution in [1.29, 1.82) is 0 Å². The van der Waals surface area contributed by atoms with E-state index >= 15 is 0 Å². The maximum atomic E-state index is 11.9. The zero-order chi connectivity index (χ0) is 16.8. The quantitative estimate of drug-likeness (QED) is 0.748. The molecule has 2 heteroatoms. The highest BCUT2D eigenvalue weighted by Crippen LogP contribution is 2.39. The van der Waals surface area contributed by atoms with Gasteiger partial charge >= 0.3 is 0 Å². The van der Waals surface area contributed by atoms with Gasteiger partial charge in [0, 0.05) is 6.42 Å². The van der Waals surface area contributed by atoms with Crippen LogP contribution in [0.25, 0.3) is 0 Å². The minimum absolute atomic E-state index is 0.0606. The maximum absolute atomic E-state index is 11.9. The molecule has 0 saturated carbocycles. The van der Waals surface area contributed by atoms with Crippen LogP contribution in [0.1, 0.15) is 47.5 Å². The molecular formula is C20H28O2. The van der Waals surface area contributed by atoms with Crippen LogP contribution >= 0.6 is 0 Å². The van der Waals surface area contributed by atoms with Crippen molar-refractivity contribution in [2.75, 3.05) is 6.61 Å². The molecule has 0 fully saturated rings. The monoisotopic (exact) mass is 300 g/mol. The number of Topliss-reactive ketones (excluding diaryl/α,β-unsaturated/α-hetero) is 1. The van der Waals surface area contributed by atoms with Gasteiger partial charge in [0.15, 0.2) is 5.78 Å². The van der Waals surface area contributed by atoms with Gasteiger partial charge in [-0.05, 0) is 43.8 Å². The van der Waals surface area contributed by atoms with Crippen molar-refractivity contribution in [1.82, 2.24) is 0 Å². The highest BCUT2D eigenvalue weighted by Gasteiger charge is 2.30. The van der Waals surface area contributed by atoms with Crippen molar-refractivity contribution < 1.29 is 9.90 Å². The van der Waals surface area contributed by atoms with Crippen LogP contribution in [0.5, 0.6) is 0 Å². The second-order valence-corrected chi connectivity index (χ2v) is 6.58. The first-order valence-electron chi connectivity index (χ1n) is 7.83. The molecule has 1 aliphatic carbocycles.